The van der Waals surface area contributed by atoms with E-state index >= 15 is 0 Å². The largest absolute Gasteiger partial charge is 0.360 e. The molecule has 1 aromatic carbocycles. The van der Waals surface area contributed by atoms with Gasteiger partial charge >= 0.3 is 0 Å². The average molecular weight is 304 g/mol. The Morgan fingerprint density at radius 2 is 2.17 bits per heavy atom. The number of rotatable bonds is 3. The summed E-state index contributed by atoms with van der Waals surface area (Å²) >= 11 is 0. The first-order valence-electron chi connectivity index (χ1n) is 7.74. The van der Waals surface area contributed by atoms with E-state index in [2.05, 4.69) is 31.1 Å². The van der Waals surface area contributed by atoms with E-state index in [0.717, 1.165) is 41.9 Å². The third-order valence-electron chi connectivity index (χ3n) is 4.23. The highest BCUT2D eigenvalue weighted by Crippen LogP contribution is 2.24. The summed E-state index contributed by atoms with van der Waals surface area (Å²) in [5, 5.41) is 22.1. The molecule has 0 unspecified atom stereocenters. The Balaban J connectivity index is 1.68. The van der Waals surface area contributed by atoms with E-state index in [9.17, 15) is 5.26 Å². The fourth-order valence-corrected chi connectivity index (χ4v) is 3.12. The Labute approximate surface area is 133 Å². The number of nitrogens with one attached hydrogen (secondary N) is 1. The van der Waals surface area contributed by atoms with Crippen molar-refractivity contribution in [1.29, 1.82) is 5.26 Å². The van der Waals surface area contributed by atoms with Gasteiger partial charge in [-0.1, -0.05) is 18.2 Å². The molecule has 0 saturated carbocycles. The Bertz CT molecular complexity index is 920. The molecule has 4 rings (SSSR count). The SMILES string of the molecule is C[C@H](Nc1cc(C#N)c2ccccc2n1)c1nnc2n1CCC2. The van der Waals surface area contributed by atoms with Crippen LogP contribution < -0.4 is 5.32 Å². The fraction of sp³-hybridized carbons (Fsp3) is 0.294. The van der Waals surface area contributed by atoms with Gasteiger partial charge in [0.2, 0.25) is 0 Å². The van der Waals surface area contributed by atoms with Crippen LogP contribution in [0, 0.1) is 11.3 Å². The normalized spacial score (nSPS) is 14.4. The summed E-state index contributed by atoms with van der Waals surface area (Å²) < 4.78 is 2.17. The molecule has 0 amide bonds. The number of nitriles is 1. The second-order valence-corrected chi connectivity index (χ2v) is 5.78. The highest BCUT2D eigenvalue weighted by molar-refractivity contribution is 5.86. The zero-order valence-electron chi connectivity index (χ0n) is 12.8. The van der Waals surface area contributed by atoms with Crippen molar-refractivity contribution in [3.8, 4) is 6.07 Å². The molecule has 6 nitrogen and oxygen atoms in total. The van der Waals surface area contributed by atoms with E-state index < -0.39 is 0 Å². The zero-order chi connectivity index (χ0) is 15.8. The van der Waals surface area contributed by atoms with Crippen LogP contribution >= 0.6 is 0 Å². The van der Waals surface area contributed by atoms with Gasteiger partial charge < -0.3 is 9.88 Å². The van der Waals surface area contributed by atoms with Gasteiger partial charge in [0.15, 0.2) is 5.82 Å². The number of anilines is 1. The van der Waals surface area contributed by atoms with Crippen LogP contribution in [0.3, 0.4) is 0 Å². The van der Waals surface area contributed by atoms with Crippen LogP contribution in [0.25, 0.3) is 10.9 Å². The molecule has 0 aliphatic carbocycles. The molecular formula is C17H16N6. The summed E-state index contributed by atoms with van der Waals surface area (Å²) in [7, 11) is 0. The predicted molar refractivity (Wildman–Crippen MR) is 86.8 cm³/mol. The van der Waals surface area contributed by atoms with E-state index in [1.807, 2.05) is 31.2 Å². The quantitative estimate of drug-likeness (QED) is 0.805. The maximum atomic E-state index is 9.37. The maximum Gasteiger partial charge on any atom is 0.155 e. The third-order valence-corrected chi connectivity index (χ3v) is 4.23. The molecule has 1 atom stereocenters. The molecule has 6 heteroatoms. The van der Waals surface area contributed by atoms with Crippen molar-refractivity contribution in [3.63, 3.8) is 0 Å². The molecule has 114 valence electrons. The van der Waals surface area contributed by atoms with Crippen LogP contribution in [-0.2, 0) is 13.0 Å². The van der Waals surface area contributed by atoms with Gasteiger partial charge in [0.25, 0.3) is 0 Å². The molecule has 1 aliphatic heterocycles. The first kappa shape index (κ1) is 13.7. The van der Waals surface area contributed by atoms with Gasteiger partial charge in [0.1, 0.15) is 11.6 Å². The number of pyridine rings is 1. The number of para-hydroxylation sites is 1. The van der Waals surface area contributed by atoms with Crippen LogP contribution in [0.4, 0.5) is 5.82 Å². The lowest BCUT2D eigenvalue weighted by molar-refractivity contribution is 0.651. The molecule has 1 N–H and O–H groups in total. The summed E-state index contributed by atoms with van der Waals surface area (Å²) in [6.45, 7) is 3.01. The van der Waals surface area contributed by atoms with Crippen molar-refractivity contribution in [1.82, 2.24) is 19.7 Å². The summed E-state index contributed by atoms with van der Waals surface area (Å²) in [6.07, 6.45) is 2.11. The summed E-state index contributed by atoms with van der Waals surface area (Å²) in [6, 6.07) is 11.7. The minimum absolute atomic E-state index is 0.0189. The first-order valence-corrected chi connectivity index (χ1v) is 7.74. The molecule has 0 spiro atoms. The molecule has 23 heavy (non-hydrogen) atoms. The first-order chi connectivity index (χ1) is 11.3. The molecule has 0 radical (unpaired) electrons. The lowest BCUT2D eigenvalue weighted by Gasteiger charge is -2.15. The summed E-state index contributed by atoms with van der Waals surface area (Å²) in [4.78, 5) is 4.61. The van der Waals surface area contributed by atoms with Gasteiger partial charge in [-0.05, 0) is 25.5 Å². The molecule has 0 bridgehead atoms. The van der Waals surface area contributed by atoms with E-state index in [-0.39, 0.29) is 6.04 Å². The van der Waals surface area contributed by atoms with Crippen molar-refractivity contribution >= 4 is 16.7 Å². The monoisotopic (exact) mass is 304 g/mol. The van der Waals surface area contributed by atoms with E-state index in [0.29, 0.717) is 11.4 Å². The van der Waals surface area contributed by atoms with Gasteiger partial charge in [-0.15, -0.1) is 10.2 Å². The number of benzene rings is 1. The van der Waals surface area contributed by atoms with Crippen LogP contribution in [-0.4, -0.2) is 19.7 Å². The lowest BCUT2D eigenvalue weighted by atomic mass is 10.1. The standard InChI is InChI=1S/C17H16N6/c1-11(17-22-21-16-7-4-8-23(16)17)19-15-9-12(10-18)13-5-2-3-6-14(13)20-15/h2-3,5-6,9,11H,4,7-8H2,1H3,(H,19,20)/t11-/m0/s1. The molecule has 0 fully saturated rings. The number of hydrogen-bond acceptors (Lipinski definition) is 5. The van der Waals surface area contributed by atoms with Crippen molar-refractivity contribution in [2.45, 2.75) is 32.4 Å². The Morgan fingerprint density at radius 1 is 1.30 bits per heavy atom. The van der Waals surface area contributed by atoms with Gasteiger partial charge in [0.05, 0.1) is 23.2 Å². The maximum absolute atomic E-state index is 9.37. The molecule has 3 heterocycles. The van der Waals surface area contributed by atoms with Crippen molar-refractivity contribution < 1.29 is 0 Å². The summed E-state index contributed by atoms with van der Waals surface area (Å²) in [5.41, 5.74) is 1.43. The van der Waals surface area contributed by atoms with Crippen LogP contribution in [0.15, 0.2) is 30.3 Å². The zero-order valence-corrected chi connectivity index (χ0v) is 12.8. The van der Waals surface area contributed by atoms with Gasteiger partial charge in [-0.25, -0.2) is 4.98 Å². The Kier molecular flexibility index (Phi) is 3.19. The molecule has 1 aliphatic rings. The second-order valence-electron chi connectivity index (χ2n) is 5.78. The van der Waals surface area contributed by atoms with Crippen molar-refractivity contribution in [2.75, 3.05) is 5.32 Å². The number of aromatic nitrogens is 4. The average Bonchev–Trinajstić information content (AvgIpc) is 3.17. The number of hydrogen-bond donors (Lipinski definition) is 1. The van der Waals surface area contributed by atoms with Crippen LogP contribution in [0.2, 0.25) is 0 Å². The van der Waals surface area contributed by atoms with E-state index in [1.54, 1.807) is 6.07 Å². The smallest absolute Gasteiger partial charge is 0.155 e. The number of fused-ring (bicyclic) bond motifs is 2. The minimum Gasteiger partial charge on any atom is -0.360 e. The molecule has 2 aromatic heterocycles. The second kappa shape index (κ2) is 5.36. The van der Waals surface area contributed by atoms with Gasteiger partial charge in [-0.2, -0.15) is 5.26 Å². The molecule has 0 saturated heterocycles. The third kappa shape index (κ3) is 2.30. The van der Waals surface area contributed by atoms with Crippen molar-refractivity contribution in [2.24, 2.45) is 0 Å². The topological polar surface area (TPSA) is 79.4 Å². The lowest BCUT2D eigenvalue weighted by Crippen LogP contribution is -2.14. The van der Waals surface area contributed by atoms with Crippen molar-refractivity contribution in [3.05, 3.63) is 47.5 Å². The van der Waals surface area contributed by atoms with Crippen LogP contribution in [0.5, 0.6) is 0 Å². The highest BCUT2D eigenvalue weighted by Gasteiger charge is 2.21. The Hall–Kier alpha value is -2.94. The van der Waals surface area contributed by atoms with Gasteiger partial charge in [-0.3, -0.25) is 0 Å². The van der Waals surface area contributed by atoms with Crippen LogP contribution in [0.1, 0.15) is 36.6 Å². The highest BCUT2D eigenvalue weighted by atomic mass is 15.3. The predicted octanol–water partition coefficient (Wildman–Crippen LogP) is 2.82. The molecular weight excluding hydrogens is 288 g/mol. The van der Waals surface area contributed by atoms with E-state index in [1.165, 1.54) is 0 Å². The fourth-order valence-electron chi connectivity index (χ4n) is 3.12. The minimum atomic E-state index is -0.0189. The Morgan fingerprint density at radius 3 is 3.04 bits per heavy atom. The van der Waals surface area contributed by atoms with Gasteiger partial charge in [0, 0.05) is 18.4 Å². The number of aryl methyl sites for hydroxylation is 1. The number of nitrogens with zero attached hydrogens (tertiary/aromatic N) is 5. The van der Waals surface area contributed by atoms with E-state index in [4.69, 9.17) is 0 Å². The molecule has 3 aromatic rings. The summed E-state index contributed by atoms with van der Waals surface area (Å²) in [5.74, 6) is 2.66.